The fourth-order valence-electron chi connectivity index (χ4n) is 5.86. The molecule has 0 saturated carbocycles. The molecule has 2 unspecified atom stereocenters. The summed E-state index contributed by atoms with van der Waals surface area (Å²) >= 11 is 0. The Bertz CT molecular complexity index is 1620. The predicted molar refractivity (Wildman–Crippen MR) is 155 cm³/mol. The second kappa shape index (κ2) is 13.0. The summed E-state index contributed by atoms with van der Waals surface area (Å²) in [5.41, 5.74) is 2.20. The van der Waals surface area contributed by atoms with Crippen LogP contribution in [-0.4, -0.2) is 45.8 Å². The Morgan fingerprint density at radius 2 is 1.80 bits per heavy atom. The number of hydrogen-bond acceptors (Lipinski definition) is 4. The van der Waals surface area contributed by atoms with E-state index in [9.17, 15) is 32.3 Å². The summed E-state index contributed by atoms with van der Waals surface area (Å²) in [6.07, 6.45) is -3.45. The van der Waals surface area contributed by atoms with Crippen LogP contribution < -0.4 is 4.74 Å². The van der Waals surface area contributed by atoms with Crippen LogP contribution >= 0.6 is 0 Å². The van der Waals surface area contributed by atoms with Crippen molar-refractivity contribution in [2.45, 2.75) is 57.5 Å². The van der Waals surface area contributed by atoms with E-state index >= 15 is 0 Å². The molecule has 0 aliphatic heterocycles. The molecule has 11 heteroatoms. The first-order valence-corrected chi connectivity index (χ1v) is 14.4. The van der Waals surface area contributed by atoms with Crippen LogP contribution in [-0.2, 0) is 35.2 Å². The van der Waals surface area contributed by atoms with Crippen molar-refractivity contribution < 1.29 is 41.7 Å². The van der Waals surface area contributed by atoms with Crippen molar-refractivity contribution >= 4 is 23.0 Å². The maximum atomic E-state index is 14.4. The average molecular weight is 613 g/mol. The Kier molecular flexibility index (Phi) is 9.12. The Hall–Kier alpha value is -4.54. The fourth-order valence-corrected chi connectivity index (χ4v) is 5.86. The molecule has 1 aliphatic carbocycles. The van der Waals surface area contributed by atoms with E-state index in [2.05, 4.69) is 0 Å². The van der Waals surface area contributed by atoms with Gasteiger partial charge in [0.05, 0.1) is 12.1 Å². The van der Waals surface area contributed by atoms with Crippen LogP contribution in [0.15, 0.2) is 72.8 Å². The third kappa shape index (κ3) is 6.66. The van der Waals surface area contributed by atoms with Gasteiger partial charge < -0.3 is 24.0 Å². The SMILES string of the molecule is CCC(C(=O)O)n1c2c(c3cc(F)ccc31)CC(N(CCOc1ccc(C(F)(F)F)cc1)C(=O)OCc1ccccc1)CC2. The number of nitrogens with zero attached hydrogens (tertiary/aromatic N) is 2. The predicted octanol–water partition coefficient (Wildman–Crippen LogP) is 7.41. The van der Waals surface area contributed by atoms with E-state index in [0.717, 1.165) is 29.0 Å². The molecule has 4 aromatic rings. The maximum absolute atomic E-state index is 14.4. The molecule has 0 spiro atoms. The molecule has 3 aromatic carbocycles. The molecular weight excluding hydrogens is 580 g/mol. The number of carboxylic acids is 1. The summed E-state index contributed by atoms with van der Waals surface area (Å²) in [6, 6.07) is 16.6. The number of ether oxygens (including phenoxy) is 2. The van der Waals surface area contributed by atoms with Gasteiger partial charge in [-0.2, -0.15) is 13.2 Å². The lowest BCUT2D eigenvalue weighted by Crippen LogP contribution is -2.45. The maximum Gasteiger partial charge on any atom is 0.416 e. The first-order chi connectivity index (χ1) is 21.1. The number of benzene rings is 3. The zero-order valence-corrected chi connectivity index (χ0v) is 24.0. The van der Waals surface area contributed by atoms with E-state index in [1.54, 1.807) is 17.6 Å². The van der Waals surface area contributed by atoms with Crippen molar-refractivity contribution in [2.75, 3.05) is 13.2 Å². The van der Waals surface area contributed by atoms with Gasteiger partial charge in [-0.15, -0.1) is 0 Å². The Morgan fingerprint density at radius 3 is 2.45 bits per heavy atom. The van der Waals surface area contributed by atoms with E-state index < -0.39 is 35.7 Å². The van der Waals surface area contributed by atoms with E-state index in [1.807, 2.05) is 30.3 Å². The van der Waals surface area contributed by atoms with Gasteiger partial charge in [-0.05, 0) is 79.3 Å². The molecule has 0 bridgehead atoms. The van der Waals surface area contributed by atoms with Crippen LogP contribution in [0.4, 0.5) is 22.4 Å². The lowest BCUT2D eigenvalue weighted by atomic mass is 9.90. The number of carbonyl (C=O) groups excluding carboxylic acids is 1. The number of halogens is 4. The third-order valence-corrected chi connectivity index (χ3v) is 7.98. The monoisotopic (exact) mass is 612 g/mol. The molecule has 44 heavy (non-hydrogen) atoms. The largest absolute Gasteiger partial charge is 0.492 e. The van der Waals surface area contributed by atoms with Crippen LogP contribution in [0.2, 0.25) is 0 Å². The first-order valence-electron chi connectivity index (χ1n) is 14.4. The van der Waals surface area contributed by atoms with Gasteiger partial charge in [0.2, 0.25) is 0 Å². The number of carboxylic acid groups (broad SMARTS) is 1. The molecule has 1 aromatic heterocycles. The number of aromatic nitrogens is 1. The van der Waals surface area contributed by atoms with Crippen LogP contribution in [0, 0.1) is 5.82 Å². The van der Waals surface area contributed by atoms with Crippen molar-refractivity contribution in [1.82, 2.24) is 9.47 Å². The standard InChI is InChI=1S/C33H32F4N2O5/c1-2-28(31(40)41)39-29-14-10-23(34)18-26(29)27-19-24(11-15-30(27)39)38(32(42)44-20-21-6-4-3-5-7-21)16-17-43-25-12-8-22(9-13-25)33(35,36)37/h3-10,12-14,18,24,28H,2,11,15-17,19-20H2,1H3,(H,40,41). The second-order valence-corrected chi connectivity index (χ2v) is 10.7. The van der Waals surface area contributed by atoms with Gasteiger partial charge in [-0.1, -0.05) is 37.3 Å². The van der Waals surface area contributed by atoms with Crippen molar-refractivity contribution in [3.63, 3.8) is 0 Å². The summed E-state index contributed by atoms with van der Waals surface area (Å²) in [5.74, 6) is -1.21. The van der Waals surface area contributed by atoms with Gasteiger partial charge in [-0.3, -0.25) is 0 Å². The highest BCUT2D eigenvalue weighted by molar-refractivity contribution is 5.88. The summed E-state index contributed by atoms with van der Waals surface area (Å²) in [5, 5.41) is 10.5. The normalized spacial score (nSPS) is 15.4. The number of amides is 1. The minimum Gasteiger partial charge on any atom is -0.492 e. The van der Waals surface area contributed by atoms with E-state index in [1.165, 1.54) is 29.2 Å². The number of carbonyl (C=O) groups is 2. The number of aliphatic carboxylic acids is 1. The van der Waals surface area contributed by atoms with Crippen LogP contribution in [0.3, 0.4) is 0 Å². The van der Waals surface area contributed by atoms with Crippen LogP contribution in [0.5, 0.6) is 5.75 Å². The molecule has 1 aliphatic rings. The average Bonchev–Trinajstić information content (AvgIpc) is 3.31. The van der Waals surface area contributed by atoms with Crippen LogP contribution in [0.1, 0.15) is 48.2 Å². The van der Waals surface area contributed by atoms with Crippen molar-refractivity contribution in [1.29, 1.82) is 0 Å². The first kappa shape index (κ1) is 30.9. The van der Waals surface area contributed by atoms with E-state index in [-0.39, 0.29) is 31.5 Å². The van der Waals surface area contributed by atoms with Gasteiger partial charge in [0.15, 0.2) is 0 Å². The number of rotatable bonds is 10. The van der Waals surface area contributed by atoms with Crippen LogP contribution in [0.25, 0.3) is 10.9 Å². The summed E-state index contributed by atoms with van der Waals surface area (Å²) in [7, 11) is 0. The van der Waals surface area contributed by atoms with Crippen molar-refractivity contribution in [3.8, 4) is 5.75 Å². The summed E-state index contributed by atoms with van der Waals surface area (Å²) in [4.78, 5) is 27.2. The highest BCUT2D eigenvalue weighted by Crippen LogP contribution is 2.37. The Labute approximate surface area is 251 Å². The minimum atomic E-state index is -4.47. The number of fused-ring (bicyclic) bond motifs is 3. The molecule has 0 radical (unpaired) electrons. The zero-order valence-electron chi connectivity index (χ0n) is 24.0. The molecule has 1 N–H and O–H groups in total. The van der Waals surface area contributed by atoms with Crippen molar-refractivity contribution in [2.24, 2.45) is 0 Å². The molecule has 0 saturated heterocycles. The lowest BCUT2D eigenvalue weighted by Gasteiger charge is -2.34. The van der Waals surface area contributed by atoms with E-state index in [4.69, 9.17) is 9.47 Å². The molecular formula is C33H32F4N2O5. The Morgan fingerprint density at radius 1 is 1.07 bits per heavy atom. The number of hydrogen-bond donors (Lipinski definition) is 1. The van der Waals surface area contributed by atoms with E-state index in [0.29, 0.717) is 36.6 Å². The summed E-state index contributed by atoms with van der Waals surface area (Å²) in [6.45, 7) is 1.89. The van der Waals surface area contributed by atoms with Gasteiger partial charge in [0, 0.05) is 22.6 Å². The second-order valence-electron chi connectivity index (χ2n) is 10.7. The quantitative estimate of drug-likeness (QED) is 0.189. The zero-order chi connectivity index (χ0) is 31.4. The van der Waals surface area contributed by atoms with Gasteiger partial charge >= 0.3 is 18.2 Å². The minimum absolute atomic E-state index is 0.0114. The molecule has 1 amide bonds. The molecule has 0 fully saturated rings. The lowest BCUT2D eigenvalue weighted by molar-refractivity contribution is -0.141. The topological polar surface area (TPSA) is 81.0 Å². The molecule has 2 atom stereocenters. The fraction of sp³-hybridized carbons (Fsp3) is 0.333. The third-order valence-electron chi connectivity index (χ3n) is 7.98. The number of alkyl halides is 3. The molecule has 232 valence electrons. The van der Waals surface area contributed by atoms with Crippen molar-refractivity contribution in [3.05, 3.63) is 101 Å². The smallest absolute Gasteiger partial charge is 0.416 e. The van der Waals surface area contributed by atoms with Gasteiger partial charge in [0.25, 0.3) is 0 Å². The summed E-state index contributed by atoms with van der Waals surface area (Å²) < 4.78 is 66.4. The van der Waals surface area contributed by atoms with Gasteiger partial charge in [-0.25, -0.2) is 14.0 Å². The van der Waals surface area contributed by atoms with Gasteiger partial charge in [0.1, 0.15) is 30.8 Å². The molecule has 7 nitrogen and oxygen atoms in total. The highest BCUT2D eigenvalue weighted by atomic mass is 19.4. The molecule has 5 rings (SSSR count). The highest BCUT2D eigenvalue weighted by Gasteiger charge is 2.35. The molecule has 1 heterocycles. The Balaban J connectivity index is 1.40.